The van der Waals surface area contributed by atoms with Crippen molar-refractivity contribution in [2.75, 3.05) is 64.1 Å². The highest BCUT2D eigenvalue weighted by Gasteiger charge is 2.34. The summed E-state index contributed by atoms with van der Waals surface area (Å²) in [5.41, 5.74) is 16.8. The number of nitrogens with one attached hydrogen (secondary N) is 1. The summed E-state index contributed by atoms with van der Waals surface area (Å²) in [4.78, 5) is 45.1. The zero-order valence-corrected chi connectivity index (χ0v) is 27.7. The van der Waals surface area contributed by atoms with Crippen molar-refractivity contribution in [3.05, 3.63) is 89.1 Å². The Hall–Kier alpha value is -5.36. The lowest BCUT2D eigenvalue weighted by atomic mass is 9.98. The fourth-order valence-electron chi connectivity index (χ4n) is 6.03. The molecule has 2 amide bonds. The molecule has 1 atom stereocenters. The van der Waals surface area contributed by atoms with Crippen LogP contribution in [-0.2, 0) is 9.59 Å². The third-order valence-electron chi connectivity index (χ3n) is 8.79. The van der Waals surface area contributed by atoms with E-state index in [4.69, 9.17) is 21.6 Å². The van der Waals surface area contributed by atoms with E-state index in [1.54, 1.807) is 55.5 Å². The molecule has 12 nitrogen and oxygen atoms in total. The number of aliphatic imine (C=N–C) groups is 2. The molecule has 1 aromatic heterocycles. The number of anilines is 2. The number of benzene rings is 2. The van der Waals surface area contributed by atoms with Crippen LogP contribution in [0.3, 0.4) is 0 Å². The highest BCUT2D eigenvalue weighted by Crippen LogP contribution is 2.26. The molecule has 0 radical (unpaired) electrons. The second-order valence-corrected chi connectivity index (χ2v) is 11.8. The molecule has 5 rings (SSSR count). The molecule has 250 valence electrons. The number of carbonyl (C=O) groups is 2. The van der Waals surface area contributed by atoms with Gasteiger partial charge < -0.3 is 21.1 Å². The summed E-state index contributed by atoms with van der Waals surface area (Å²) in [6.45, 7) is 4.95. The van der Waals surface area contributed by atoms with Crippen molar-refractivity contribution >= 4 is 46.8 Å². The van der Waals surface area contributed by atoms with Crippen LogP contribution in [0.25, 0.3) is 5.57 Å². The van der Waals surface area contributed by atoms with E-state index in [0.717, 1.165) is 17.5 Å². The van der Waals surface area contributed by atoms with Crippen molar-refractivity contribution in [1.82, 2.24) is 14.8 Å². The average Bonchev–Trinajstić information content (AvgIpc) is 3.59. The third kappa shape index (κ3) is 7.77. The lowest BCUT2D eigenvalue weighted by Gasteiger charge is -2.29. The largest absolute Gasteiger partial charge is 0.497 e. The molecule has 3 aromatic rings. The summed E-state index contributed by atoms with van der Waals surface area (Å²) in [7, 11) is 3.23. The summed E-state index contributed by atoms with van der Waals surface area (Å²) in [5, 5.41) is 8.73. The molecule has 0 aliphatic carbocycles. The number of nitrogens with two attached hydrogens (primary N) is 2. The maximum Gasteiger partial charge on any atom is 0.237 e. The molecule has 48 heavy (non-hydrogen) atoms. The summed E-state index contributed by atoms with van der Waals surface area (Å²) < 4.78 is 5.22. The topological polar surface area (TPSA) is 167 Å². The number of methoxy groups -OCH3 is 1. The third-order valence-corrected chi connectivity index (χ3v) is 8.79. The molecule has 2 aromatic carbocycles. The Bertz CT molecular complexity index is 1730. The number of nitrogens with zero attached hydrogens (tertiary/aromatic N) is 6. The van der Waals surface area contributed by atoms with Crippen LogP contribution in [0.4, 0.5) is 11.5 Å². The summed E-state index contributed by atoms with van der Waals surface area (Å²) in [5.74, 6) is 1.30. The molecule has 1 fully saturated rings. The van der Waals surface area contributed by atoms with E-state index >= 15 is 0 Å². The van der Waals surface area contributed by atoms with Crippen LogP contribution in [0.15, 0.2) is 76.7 Å². The maximum absolute atomic E-state index is 13.7. The number of hydrogen-bond acceptors (Lipinski definition) is 8. The zero-order chi connectivity index (χ0) is 34.2. The standard InChI is InChI=1S/C36H43N9O3/c1-4-45(31-14-13-30(37)34(42-31)33(38)26-9-11-29(48-3)12-10-26)36(47)28-15-18-43(21-28)22-32(46)44-19-16-25(17-20-44)24-5-7-27(8-6-24)35(39)41-23-40-2/h5-14,16,23,28,38H,4,15,17-22,37H2,1-3H3,(H2,39,40,41)/t28-/m1/s1. The van der Waals surface area contributed by atoms with Crippen LogP contribution < -0.4 is 21.1 Å². The van der Waals surface area contributed by atoms with E-state index in [1.165, 1.54) is 11.9 Å². The van der Waals surface area contributed by atoms with Gasteiger partial charge in [-0.2, -0.15) is 0 Å². The first-order valence-corrected chi connectivity index (χ1v) is 16.1. The molecule has 5 N–H and O–H groups in total. The number of amidine groups is 1. The minimum absolute atomic E-state index is 0.0465. The van der Waals surface area contributed by atoms with Gasteiger partial charge in [0.05, 0.1) is 31.0 Å². The first-order valence-electron chi connectivity index (χ1n) is 16.1. The number of hydrogen-bond donors (Lipinski definition) is 3. The predicted octanol–water partition coefficient (Wildman–Crippen LogP) is 3.44. The molecule has 0 saturated carbocycles. The number of aromatic nitrogens is 1. The number of amides is 2. The smallest absolute Gasteiger partial charge is 0.237 e. The van der Waals surface area contributed by atoms with E-state index in [-0.39, 0.29) is 30.0 Å². The summed E-state index contributed by atoms with van der Waals surface area (Å²) in [6.07, 6.45) is 4.95. The number of likely N-dealkylation sites (tertiary alicyclic amines) is 1. The van der Waals surface area contributed by atoms with Crippen LogP contribution in [-0.4, -0.2) is 97.9 Å². The molecule has 0 spiro atoms. The van der Waals surface area contributed by atoms with Gasteiger partial charge in [-0.3, -0.25) is 29.8 Å². The Kier molecular flexibility index (Phi) is 11.0. The normalized spacial score (nSPS) is 17.0. The van der Waals surface area contributed by atoms with E-state index in [0.29, 0.717) is 73.5 Å². The Labute approximate surface area is 281 Å². The molecular formula is C36H43N9O3. The molecule has 0 bridgehead atoms. The first kappa shape index (κ1) is 34.0. The van der Waals surface area contributed by atoms with Gasteiger partial charge in [0.1, 0.15) is 29.4 Å². The van der Waals surface area contributed by atoms with Gasteiger partial charge in [0.15, 0.2) is 0 Å². The second-order valence-electron chi connectivity index (χ2n) is 11.8. The maximum atomic E-state index is 13.7. The molecule has 2 aliphatic rings. The van der Waals surface area contributed by atoms with Crippen LogP contribution in [0, 0.1) is 11.3 Å². The minimum Gasteiger partial charge on any atom is -0.497 e. The van der Waals surface area contributed by atoms with E-state index in [1.807, 2.05) is 36.1 Å². The SMILES string of the molecule is CCN(C(=O)[C@@H]1CCN(CC(=O)N2CC=C(c3ccc(C(N)=NC=NC)cc3)CC2)C1)c1ccc(N)c(C(=N)c2ccc(OC)cc2)n1. The van der Waals surface area contributed by atoms with Crippen LogP contribution in [0.5, 0.6) is 5.75 Å². The van der Waals surface area contributed by atoms with E-state index in [9.17, 15) is 9.59 Å². The van der Waals surface area contributed by atoms with Gasteiger partial charge in [0.25, 0.3) is 0 Å². The van der Waals surface area contributed by atoms with Crippen molar-refractivity contribution in [1.29, 1.82) is 5.41 Å². The van der Waals surface area contributed by atoms with Crippen molar-refractivity contribution in [3.8, 4) is 5.75 Å². The van der Waals surface area contributed by atoms with E-state index in [2.05, 4.69) is 25.9 Å². The van der Waals surface area contributed by atoms with Gasteiger partial charge in [-0.05, 0) is 73.8 Å². The second kappa shape index (κ2) is 15.5. The van der Waals surface area contributed by atoms with Gasteiger partial charge in [-0.1, -0.05) is 30.3 Å². The molecule has 2 aliphatic heterocycles. The van der Waals surface area contributed by atoms with Crippen molar-refractivity contribution in [2.24, 2.45) is 21.6 Å². The van der Waals surface area contributed by atoms with Gasteiger partial charge in [-0.15, -0.1) is 0 Å². The lowest BCUT2D eigenvalue weighted by molar-refractivity contribution is -0.132. The van der Waals surface area contributed by atoms with Gasteiger partial charge in [-0.25, -0.2) is 9.98 Å². The van der Waals surface area contributed by atoms with Gasteiger partial charge in [0, 0.05) is 44.4 Å². The molecule has 1 saturated heterocycles. The Balaban J connectivity index is 1.17. The average molecular weight is 650 g/mol. The van der Waals surface area contributed by atoms with E-state index < -0.39 is 0 Å². The van der Waals surface area contributed by atoms with Crippen LogP contribution in [0.2, 0.25) is 0 Å². The van der Waals surface area contributed by atoms with Crippen LogP contribution >= 0.6 is 0 Å². The first-order chi connectivity index (χ1) is 23.2. The highest BCUT2D eigenvalue weighted by molar-refractivity contribution is 6.13. The number of nitrogen functional groups attached to an aromatic ring is 1. The number of carbonyl (C=O) groups excluding carboxylic acids is 2. The fourth-order valence-corrected chi connectivity index (χ4v) is 6.03. The molecule has 0 unspecified atom stereocenters. The molecule has 3 heterocycles. The zero-order valence-electron chi connectivity index (χ0n) is 27.7. The Morgan fingerprint density at radius 3 is 2.46 bits per heavy atom. The Morgan fingerprint density at radius 1 is 1.08 bits per heavy atom. The van der Waals surface area contributed by atoms with Gasteiger partial charge in [0.2, 0.25) is 11.8 Å². The van der Waals surface area contributed by atoms with Gasteiger partial charge >= 0.3 is 0 Å². The minimum atomic E-state index is -0.259. The number of ether oxygens (including phenoxy) is 1. The lowest BCUT2D eigenvalue weighted by Crippen LogP contribution is -2.42. The van der Waals surface area contributed by atoms with Crippen molar-refractivity contribution in [3.63, 3.8) is 0 Å². The molecular weight excluding hydrogens is 606 g/mol. The number of pyridine rings is 1. The molecule has 12 heteroatoms. The van der Waals surface area contributed by atoms with Crippen molar-refractivity contribution in [2.45, 2.75) is 19.8 Å². The number of rotatable bonds is 11. The predicted molar refractivity (Wildman–Crippen MR) is 191 cm³/mol. The quantitative estimate of drug-likeness (QED) is 0.211. The fraction of sp³-hybridized carbons (Fsp3) is 0.333. The van der Waals surface area contributed by atoms with Crippen molar-refractivity contribution < 1.29 is 14.3 Å². The van der Waals surface area contributed by atoms with Crippen LogP contribution in [0.1, 0.15) is 42.1 Å². The highest BCUT2D eigenvalue weighted by atomic mass is 16.5. The monoisotopic (exact) mass is 649 g/mol. The Morgan fingerprint density at radius 2 is 1.81 bits per heavy atom. The summed E-state index contributed by atoms with van der Waals surface area (Å²) >= 11 is 0. The summed E-state index contributed by atoms with van der Waals surface area (Å²) in [6, 6.07) is 18.5.